The van der Waals surface area contributed by atoms with Gasteiger partial charge in [-0.2, -0.15) is 0 Å². The van der Waals surface area contributed by atoms with Crippen LogP contribution in [0.2, 0.25) is 5.02 Å². The van der Waals surface area contributed by atoms with Gasteiger partial charge in [-0.15, -0.1) is 11.8 Å². The van der Waals surface area contributed by atoms with Gasteiger partial charge in [0.2, 0.25) is 0 Å². The van der Waals surface area contributed by atoms with Crippen LogP contribution < -0.4 is 0 Å². The molecule has 76 valence electrons. The maximum atomic E-state index is 10.7. The predicted molar refractivity (Wildman–Crippen MR) is 62.1 cm³/mol. The fourth-order valence-corrected chi connectivity index (χ4v) is 2.25. The number of hydrogen-bond acceptors (Lipinski definition) is 2. The quantitative estimate of drug-likeness (QED) is 0.563. The molecule has 0 aliphatic heterocycles. The minimum atomic E-state index is 0.254. The van der Waals surface area contributed by atoms with E-state index in [4.69, 9.17) is 11.6 Å². The number of hydrogen-bond donors (Lipinski definition) is 0. The molecule has 0 heterocycles. The van der Waals surface area contributed by atoms with E-state index in [2.05, 4.69) is 0 Å². The summed E-state index contributed by atoms with van der Waals surface area (Å²) in [6, 6.07) is 7.77. The first-order valence-electron chi connectivity index (χ1n) is 4.57. The molecular weight excluding hydrogens is 216 g/mol. The third-order valence-electron chi connectivity index (χ3n) is 1.77. The van der Waals surface area contributed by atoms with Crippen LogP contribution in [-0.4, -0.2) is 11.5 Å². The summed E-state index contributed by atoms with van der Waals surface area (Å²) in [4.78, 5) is 11.8. The molecule has 14 heavy (non-hydrogen) atoms. The number of benzene rings is 1. The standard InChI is InChI=1S/C11H13ClOS/c1-9(13)5-4-8-14-11-7-3-2-6-10(11)12/h2-3,6-7H,4-5,8H2,1H3. The minimum Gasteiger partial charge on any atom is -0.300 e. The summed E-state index contributed by atoms with van der Waals surface area (Å²) in [7, 11) is 0. The molecule has 0 atom stereocenters. The molecular formula is C11H13ClOS. The Kier molecular flexibility index (Phi) is 5.05. The first-order valence-corrected chi connectivity index (χ1v) is 5.93. The van der Waals surface area contributed by atoms with E-state index in [0.717, 1.165) is 22.1 Å². The van der Waals surface area contributed by atoms with Gasteiger partial charge in [0.05, 0.1) is 5.02 Å². The van der Waals surface area contributed by atoms with E-state index < -0.39 is 0 Å². The highest BCUT2D eigenvalue weighted by molar-refractivity contribution is 7.99. The summed E-state index contributed by atoms with van der Waals surface area (Å²) in [5, 5.41) is 0.792. The third-order valence-corrected chi connectivity index (χ3v) is 3.37. The topological polar surface area (TPSA) is 17.1 Å². The van der Waals surface area contributed by atoms with Gasteiger partial charge in [0.1, 0.15) is 5.78 Å². The molecule has 0 N–H and O–H groups in total. The average molecular weight is 229 g/mol. The Morgan fingerprint density at radius 1 is 1.43 bits per heavy atom. The Morgan fingerprint density at radius 2 is 2.14 bits per heavy atom. The first-order chi connectivity index (χ1) is 6.70. The van der Waals surface area contributed by atoms with Crippen molar-refractivity contribution in [1.82, 2.24) is 0 Å². The molecule has 0 aromatic heterocycles. The Labute approximate surface area is 93.8 Å². The Morgan fingerprint density at radius 3 is 2.79 bits per heavy atom. The third kappa shape index (κ3) is 4.16. The monoisotopic (exact) mass is 228 g/mol. The second-order valence-corrected chi connectivity index (χ2v) is 4.63. The molecule has 3 heteroatoms. The smallest absolute Gasteiger partial charge is 0.129 e. The zero-order valence-electron chi connectivity index (χ0n) is 8.13. The lowest BCUT2D eigenvalue weighted by Gasteiger charge is -2.02. The highest BCUT2D eigenvalue weighted by Gasteiger charge is 1.99. The van der Waals surface area contributed by atoms with E-state index in [1.54, 1.807) is 18.7 Å². The normalized spacial score (nSPS) is 10.1. The second kappa shape index (κ2) is 6.10. The van der Waals surface area contributed by atoms with Crippen LogP contribution >= 0.6 is 23.4 Å². The number of rotatable bonds is 5. The highest BCUT2D eigenvalue weighted by Crippen LogP contribution is 2.27. The number of Topliss-reactive ketones (excluding diaryl/α,β-unsaturated/α-hetero) is 1. The molecule has 0 fully saturated rings. The molecule has 0 bridgehead atoms. The maximum Gasteiger partial charge on any atom is 0.129 e. The first kappa shape index (κ1) is 11.6. The lowest BCUT2D eigenvalue weighted by atomic mass is 10.3. The summed E-state index contributed by atoms with van der Waals surface area (Å²) >= 11 is 7.68. The van der Waals surface area contributed by atoms with Crippen molar-refractivity contribution in [3.8, 4) is 0 Å². The van der Waals surface area contributed by atoms with Gasteiger partial charge in [0.15, 0.2) is 0 Å². The molecule has 0 spiro atoms. The van der Waals surface area contributed by atoms with Crippen LogP contribution in [0.3, 0.4) is 0 Å². The summed E-state index contributed by atoms with van der Waals surface area (Å²) < 4.78 is 0. The van der Waals surface area contributed by atoms with E-state index >= 15 is 0 Å². The van der Waals surface area contributed by atoms with E-state index in [9.17, 15) is 4.79 Å². The second-order valence-electron chi connectivity index (χ2n) is 3.08. The average Bonchev–Trinajstić information content (AvgIpc) is 2.15. The fourth-order valence-electron chi connectivity index (χ4n) is 1.07. The number of halogens is 1. The van der Waals surface area contributed by atoms with Gasteiger partial charge in [-0.25, -0.2) is 0 Å². The van der Waals surface area contributed by atoms with Gasteiger partial charge < -0.3 is 4.79 Å². The van der Waals surface area contributed by atoms with E-state index in [0.29, 0.717) is 6.42 Å². The van der Waals surface area contributed by atoms with Crippen molar-refractivity contribution in [2.75, 3.05) is 5.75 Å². The maximum absolute atomic E-state index is 10.7. The zero-order chi connectivity index (χ0) is 10.4. The van der Waals surface area contributed by atoms with Crippen molar-refractivity contribution < 1.29 is 4.79 Å². The van der Waals surface area contributed by atoms with Crippen LogP contribution in [0.4, 0.5) is 0 Å². The van der Waals surface area contributed by atoms with Crippen LogP contribution in [0.15, 0.2) is 29.2 Å². The summed E-state index contributed by atoms with van der Waals surface area (Å²) in [6.07, 6.45) is 1.59. The highest BCUT2D eigenvalue weighted by atomic mass is 35.5. The molecule has 0 aliphatic rings. The van der Waals surface area contributed by atoms with Crippen LogP contribution in [0.1, 0.15) is 19.8 Å². The van der Waals surface area contributed by atoms with Crippen molar-refractivity contribution >= 4 is 29.1 Å². The van der Waals surface area contributed by atoms with Crippen LogP contribution in [0.25, 0.3) is 0 Å². The molecule has 0 radical (unpaired) electrons. The van der Waals surface area contributed by atoms with Crippen molar-refractivity contribution in [2.45, 2.75) is 24.7 Å². The summed E-state index contributed by atoms with van der Waals surface area (Å²) in [5.74, 6) is 1.20. The minimum absolute atomic E-state index is 0.254. The van der Waals surface area contributed by atoms with Gasteiger partial charge >= 0.3 is 0 Å². The number of thioether (sulfide) groups is 1. The molecule has 0 amide bonds. The van der Waals surface area contributed by atoms with Gasteiger partial charge in [0, 0.05) is 11.3 Å². The SMILES string of the molecule is CC(=O)CCCSc1ccccc1Cl. The molecule has 1 nitrogen and oxygen atoms in total. The lowest BCUT2D eigenvalue weighted by Crippen LogP contribution is -1.90. The number of carbonyl (C=O) groups is 1. The Balaban J connectivity index is 2.31. The molecule has 0 saturated carbocycles. The van der Waals surface area contributed by atoms with Crippen molar-refractivity contribution in [3.63, 3.8) is 0 Å². The van der Waals surface area contributed by atoms with E-state index in [1.807, 2.05) is 24.3 Å². The predicted octanol–water partition coefficient (Wildman–Crippen LogP) is 3.80. The number of carbonyl (C=O) groups excluding carboxylic acids is 1. The molecule has 1 aromatic rings. The fraction of sp³-hybridized carbons (Fsp3) is 0.364. The van der Waals surface area contributed by atoms with E-state index in [-0.39, 0.29) is 5.78 Å². The number of ketones is 1. The largest absolute Gasteiger partial charge is 0.300 e. The van der Waals surface area contributed by atoms with Crippen molar-refractivity contribution in [3.05, 3.63) is 29.3 Å². The molecule has 1 rings (SSSR count). The lowest BCUT2D eigenvalue weighted by molar-refractivity contribution is -0.117. The van der Waals surface area contributed by atoms with Crippen LogP contribution in [-0.2, 0) is 4.79 Å². The molecule has 0 aliphatic carbocycles. The molecule has 1 aromatic carbocycles. The Hall–Kier alpha value is -0.470. The van der Waals surface area contributed by atoms with Crippen molar-refractivity contribution in [2.24, 2.45) is 0 Å². The molecule has 0 saturated heterocycles. The van der Waals surface area contributed by atoms with Crippen molar-refractivity contribution in [1.29, 1.82) is 0 Å². The van der Waals surface area contributed by atoms with E-state index in [1.165, 1.54) is 0 Å². The van der Waals surface area contributed by atoms with Crippen LogP contribution in [0, 0.1) is 0 Å². The summed E-state index contributed by atoms with van der Waals surface area (Å²) in [6.45, 7) is 1.63. The van der Waals surface area contributed by atoms with Gasteiger partial charge in [-0.05, 0) is 31.2 Å². The summed E-state index contributed by atoms with van der Waals surface area (Å²) in [5.41, 5.74) is 0. The zero-order valence-corrected chi connectivity index (χ0v) is 9.70. The molecule has 0 unspecified atom stereocenters. The van der Waals surface area contributed by atoms with Gasteiger partial charge in [0.25, 0.3) is 0 Å². The Bertz CT molecular complexity index is 312. The van der Waals surface area contributed by atoms with Crippen LogP contribution in [0.5, 0.6) is 0 Å². The van der Waals surface area contributed by atoms with Gasteiger partial charge in [-0.1, -0.05) is 23.7 Å². The van der Waals surface area contributed by atoms with Gasteiger partial charge in [-0.3, -0.25) is 0 Å².